The van der Waals surface area contributed by atoms with E-state index in [1.54, 1.807) is 14.0 Å². The van der Waals surface area contributed by atoms with Gasteiger partial charge in [-0.15, -0.1) is 0 Å². The molecule has 0 aliphatic carbocycles. The Morgan fingerprint density at radius 1 is 1.15 bits per heavy atom. The van der Waals surface area contributed by atoms with Gasteiger partial charge in [0.15, 0.2) is 11.5 Å². The van der Waals surface area contributed by atoms with Crippen molar-refractivity contribution < 1.29 is 14.3 Å². The smallest absolute Gasteiger partial charge is 0.248 e. The molecule has 172 valence electrons. The summed E-state index contributed by atoms with van der Waals surface area (Å²) >= 11 is 0. The fourth-order valence-corrected chi connectivity index (χ4v) is 3.88. The number of nitrogens with zero attached hydrogens (tertiary/aromatic N) is 4. The third kappa shape index (κ3) is 4.39. The van der Waals surface area contributed by atoms with Gasteiger partial charge < -0.3 is 20.5 Å². The van der Waals surface area contributed by atoms with Crippen molar-refractivity contribution in [1.29, 1.82) is 0 Å². The number of fused-ring (bicyclic) bond motifs is 1. The van der Waals surface area contributed by atoms with Crippen LogP contribution in [-0.4, -0.2) is 33.2 Å². The highest BCUT2D eigenvalue weighted by Gasteiger charge is 2.33. The number of allylic oxidation sites excluding steroid dienone is 1. The normalized spacial score (nSPS) is 15.6. The zero-order chi connectivity index (χ0) is 23.8. The molecule has 9 nitrogen and oxygen atoms in total. The van der Waals surface area contributed by atoms with Gasteiger partial charge in [0.2, 0.25) is 11.9 Å². The highest BCUT2D eigenvalue weighted by atomic mass is 16.5. The first kappa shape index (κ1) is 22.3. The lowest BCUT2D eigenvalue weighted by Gasteiger charge is -2.27. The van der Waals surface area contributed by atoms with E-state index in [4.69, 9.17) is 15.2 Å². The lowest BCUT2D eigenvalue weighted by atomic mass is 9.87. The van der Waals surface area contributed by atoms with Crippen molar-refractivity contribution in [3.05, 3.63) is 70.4 Å². The largest absolute Gasteiger partial charge is 0.493 e. The van der Waals surface area contributed by atoms with E-state index in [1.807, 2.05) is 18.2 Å². The van der Waals surface area contributed by atoms with Crippen LogP contribution in [0.2, 0.25) is 0 Å². The molecule has 1 aliphatic rings. The Labute approximate surface area is 192 Å². The SMILES string of the molecule is COc1cc(C2C(C(N)=O)=C(C)Nc3nnnn32)ccc1OCc1ccc(C(C)(C)C)cc1. The maximum absolute atomic E-state index is 12.2. The molecular formula is C24H28N6O3. The van der Waals surface area contributed by atoms with E-state index >= 15 is 0 Å². The molecule has 0 fully saturated rings. The number of ether oxygens (including phenoxy) is 2. The first-order valence-corrected chi connectivity index (χ1v) is 10.6. The van der Waals surface area contributed by atoms with E-state index < -0.39 is 11.9 Å². The Morgan fingerprint density at radius 2 is 1.88 bits per heavy atom. The Morgan fingerprint density at radius 3 is 2.52 bits per heavy atom. The molecule has 0 bridgehead atoms. The maximum atomic E-state index is 12.2. The summed E-state index contributed by atoms with van der Waals surface area (Å²) in [6.07, 6.45) is 0. The molecule has 2 heterocycles. The number of benzene rings is 2. The van der Waals surface area contributed by atoms with Crippen LogP contribution in [0.15, 0.2) is 53.7 Å². The summed E-state index contributed by atoms with van der Waals surface area (Å²) in [4.78, 5) is 12.2. The standard InChI is InChI=1S/C24H28N6O3/c1-14-20(22(25)31)21(30-23(26-14)27-28-29-30)16-8-11-18(19(12-16)32-5)33-13-15-6-9-17(10-7-15)24(2,3)4/h6-12,21H,13H2,1-5H3,(H2,25,31)(H,26,27,29). The first-order chi connectivity index (χ1) is 15.7. The quantitative estimate of drug-likeness (QED) is 0.594. The fourth-order valence-electron chi connectivity index (χ4n) is 3.88. The summed E-state index contributed by atoms with van der Waals surface area (Å²) in [6.45, 7) is 8.73. The maximum Gasteiger partial charge on any atom is 0.248 e. The number of amides is 1. The third-order valence-corrected chi connectivity index (χ3v) is 5.70. The van der Waals surface area contributed by atoms with Crippen molar-refractivity contribution >= 4 is 11.9 Å². The Bertz CT molecular complexity index is 1210. The zero-order valence-corrected chi connectivity index (χ0v) is 19.4. The van der Waals surface area contributed by atoms with Gasteiger partial charge in [0.05, 0.1) is 12.7 Å². The molecule has 1 aromatic heterocycles. The molecule has 9 heteroatoms. The van der Waals surface area contributed by atoms with Crippen molar-refractivity contribution in [2.24, 2.45) is 5.73 Å². The number of aromatic nitrogens is 4. The van der Waals surface area contributed by atoms with E-state index in [9.17, 15) is 4.79 Å². The molecule has 1 aliphatic heterocycles. The summed E-state index contributed by atoms with van der Waals surface area (Å²) in [6, 6.07) is 13.3. The van der Waals surface area contributed by atoms with Gasteiger partial charge >= 0.3 is 0 Å². The van der Waals surface area contributed by atoms with Gasteiger partial charge in [0.25, 0.3) is 0 Å². The lowest BCUT2D eigenvalue weighted by molar-refractivity contribution is -0.115. The number of rotatable bonds is 6. The highest BCUT2D eigenvalue weighted by molar-refractivity contribution is 5.95. The number of hydrogen-bond donors (Lipinski definition) is 2. The summed E-state index contributed by atoms with van der Waals surface area (Å²) in [5.74, 6) is 1.01. The van der Waals surface area contributed by atoms with Crippen molar-refractivity contribution in [1.82, 2.24) is 20.2 Å². The second kappa shape index (κ2) is 8.57. The van der Waals surface area contributed by atoms with Crippen LogP contribution >= 0.6 is 0 Å². The van der Waals surface area contributed by atoms with Crippen LogP contribution in [-0.2, 0) is 16.8 Å². The fraction of sp³-hybridized carbons (Fsp3) is 0.333. The van der Waals surface area contributed by atoms with Crippen LogP contribution < -0.4 is 20.5 Å². The third-order valence-electron chi connectivity index (χ3n) is 5.70. The molecule has 4 rings (SSSR count). The number of anilines is 1. The molecule has 3 N–H and O–H groups in total. The minimum atomic E-state index is -0.582. The van der Waals surface area contributed by atoms with E-state index in [0.29, 0.717) is 35.3 Å². The van der Waals surface area contributed by atoms with Crippen molar-refractivity contribution in [2.75, 3.05) is 12.4 Å². The van der Waals surface area contributed by atoms with Crippen LogP contribution in [0.4, 0.5) is 5.95 Å². The zero-order valence-electron chi connectivity index (χ0n) is 19.4. The number of hydrogen-bond acceptors (Lipinski definition) is 7. The molecule has 0 saturated carbocycles. The number of nitrogens with two attached hydrogens (primary N) is 1. The topological polar surface area (TPSA) is 117 Å². The van der Waals surface area contributed by atoms with Crippen molar-refractivity contribution in [2.45, 2.75) is 45.8 Å². The van der Waals surface area contributed by atoms with Crippen molar-refractivity contribution in [3.8, 4) is 11.5 Å². The Hall–Kier alpha value is -3.88. The van der Waals surface area contributed by atoms with Crippen LogP contribution in [0.1, 0.15) is 50.4 Å². The molecule has 1 atom stereocenters. The predicted octanol–water partition coefficient (Wildman–Crippen LogP) is 3.33. The number of methoxy groups -OCH3 is 1. The van der Waals surface area contributed by atoms with Crippen LogP contribution in [0, 0.1) is 0 Å². The minimum Gasteiger partial charge on any atom is -0.493 e. The Balaban J connectivity index is 1.60. The monoisotopic (exact) mass is 448 g/mol. The van der Waals surface area contributed by atoms with Gasteiger partial charge in [0, 0.05) is 5.70 Å². The van der Waals surface area contributed by atoms with Gasteiger partial charge in [-0.1, -0.05) is 56.2 Å². The average Bonchev–Trinajstić information content (AvgIpc) is 3.24. The Kier molecular flexibility index (Phi) is 5.80. The number of tetrazole rings is 1. The number of primary amides is 1. The van der Waals surface area contributed by atoms with Gasteiger partial charge in [-0.25, -0.2) is 0 Å². The van der Waals surface area contributed by atoms with Gasteiger partial charge in [-0.3, -0.25) is 4.79 Å². The number of carbonyl (C=O) groups excluding carboxylic acids is 1. The predicted molar refractivity (Wildman–Crippen MR) is 124 cm³/mol. The molecule has 1 amide bonds. The summed E-state index contributed by atoms with van der Waals surface area (Å²) in [5, 5.41) is 14.7. The molecule has 33 heavy (non-hydrogen) atoms. The van der Waals surface area contributed by atoms with Crippen LogP contribution in [0.3, 0.4) is 0 Å². The first-order valence-electron chi connectivity index (χ1n) is 10.6. The molecule has 0 spiro atoms. The van der Waals surface area contributed by atoms with E-state index in [-0.39, 0.29) is 5.41 Å². The lowest BCUT2D eigenvalue weighted by Crippen LogP contribution is -2.31. The minimum absolute atomic E-state index is 0.100. The average molecular weight is 449 g/mol. The molecule has 0 radical (unpaired) electrons. The van der Waals surface area contributed by atoms with Gasteiger partial charge in [0.1, 0.15) is 12.6 Å². The summed E-state index contributed by atoms with van der Waals surface area (Å²) in [5.41, 5.74) is 9.84. The molecular weight excluding hydrogens is 420 g/mol. The van der Waals surface area contributed by atoms with Crippen LogP contribution in [0.5, 0.6) is 11.5 Å². The molecule has 0 saturated heterocycles. The van der Waals surface area contributed by atoms with E-state index in [0.717, 1.165) is 11.1 Å². The van der Waals surface area contributed by atoms with E-state index in [2.05, 4.69) is 65.9 Å². The highest BCUT2D eigenvalue weighted by Crippen LogP contribution is 2.38. The van der Waals surface area contributed by atoms with Crippen LogP contribution in [0.25, 0.3) is 0 Å². The summed E-state index contributed by atoms with van der Waals surface area (Å²) in [7, 11) is 1.57. The van der Waals surface area contributed by atoms with Gasteiger partial charge in [-0.05, 0) is 51.6 Å². The molecule has 2 aromatic carbocycles. The molecule has 1 unspecified atom stereocenters. The summed E-state index contributed by atoms with van der Waals surface area (Å²) < 4.78 is 13.2. The number of carbonyl (C=O) groups is 1. The van der Waals surface area contributed by atoms with Gasteiger partial charge in [-0.2, -0.15) is 4.68 Å². The molecule has 3 aromatic rings. The number of nitrogens with one attached hydrogen (secondary N) is 1. The van der Waals surface area contributed by atoms with Crippen molar-refractivity contribution in [3.63, 3.8) is 0 Å². The second-order valence-electron chi connectivity index (χ2n) is 9.02. The van der Waals surface area contributed by atoms with E-state index in [1.165, 1.54) is 10.2 Å². The second-order valence-corrected chi connectivity index (χ2v) is 9.02.